The van der Waals surface area contributed by atoms with Crippen molar-refractivity contribution in [2.24, 2.45) is 0 Å². The second-order valence-electron chi connectivity index (χ2n) is 8.83. The minimum Gasteiger partial charge on any atom is -0.493 e. The van der Waals surface area contributed by atoms with Gasteiger partial charge < -0.3 is 19.5 Å². The number of rotatable bonds is 6. The van der Waals surface area contributed by atoms with Gasteiger partial charge in [0.2, 0.25) is 0 Å². The fourth-order valence-corrected chi connectivity index (χ4v) is 5.74. The zero-order valence-electron chi connectivity index (χ0n) is 18.1. The molecule has 172 valence electrons. The third kappa shape index (κ3) is 4.18. The Morgan fingerprint density at radius 3 is 2.67 bits per heavy atom. The quantitative estimate of drug-likeness (QED) is 0.512. The maximum absolute atomic E-state index is 13.8. The molecule has 0 saturated heterocycles. The average Bonchev–Trinajstić information content (AvgIpc) is 3.31. The first kappa shape index (κ1) is 22.1. The number of aliphatic hydroxyl groups is 1. The third-order valence-corrected chi connectivity index (χ3v) is 7.32. The van der Waals surface area contributed by atoms with E-state index in [1.807, 2.05) is 12.1 Å². The summed E-state index contributed by atoms with van der Waals surface area (Å²) in [6.45, 7) is 1.89. The summed E-state index contributed by atoms with van der Waals surface area (Å²) >= 11 is 7.33. The van der Waals surface area contributed by atoms with Crippen LogP contribution in [0.3, 0.4) is 0 Å². The lowest BCUT2D eigenvalue weighted by molar-refractivity contribution is -0.150. The summed E-state index contributed by atoms with van der Waals surface area (Å²) in [6.07, 6.45) is 1.67. The van der Waals surface area contributed by atoms with E-state index >= 15 is 0 Å². The number of fused-ring (bicyclic) bond motifs is 1. The number of anilines is 1. The van der Waals surface area contributed by atoms with E-state index < -0.39 is 11.3 Å². The smallest absolute Gasteiger partial charge is 0.269 e. The largest absolute Gasteiger partial charge is 0.493 e. The number of methoxy groups -OCH3 is 1. The first-order valence-electron chi connectivity index (χ1n) is 10.5. The van der Waals surface area contributed by atoms with E-state index in [0.29, 0.717) is 33.6 Å². The highest BCUT2D eigenvalue weighted by atomic mass is 35.5. The normalized spacial score (nSPS) is 23.9. The van der Waals surface area contributed by atoms with Crippen LogP contribution in [0.2, 0.25) is 5.02 Å². The van der Waals surface area contributed by atoms with Crippen LogP contribution in [0, 0.1) is 0 Å². The Labute approximate surface area is 199 Å². The number of carbonyl (C=O) groups is 1. The number of halogens is 2. The molecule has 1 aliphatic carbocycles. The summed E-state index contributed by atoms with van der Waals surface area (Å²) in [4.78, 5) is 20.7. The predicted molar refractivity (Wildman–Crippen MR) is 125 cm³/mol. The van der Waals surface area contributed by atoms with Crippen molar-refractivity contribution in [1.82, 2.24) is 4.98 Å². The summed E-state index contributed by atoms with van der Waals surface area (Å²) < 4.78 is 25.0. The van der Waals surface area contributed by atoms with Gasteiger partial charge in [-0.25, -0.2) is 4.39 Å². The van der Waals surface area contributed by atoms with Gasteiger partial charge in [-0.15, -0.1) is 11.3 Å². The Bertz CT molecular complexity index is 1220. The van der Waals surface area contributed by atoms with E-state index in [4.69, 9.17) is 21.1 Å². The number of alkyl halides is 1. The molecule has 5 rings (SSSR count). The standard InChI is InChI=1S/C24H22ClFN2O4S/c1-23(26)11-24(30,12-23)13-32-18-6-4-16(8-19(18)31-2)28-10-14-7-20(33-21(14)22(28)29)17-5-3-15(25)9-27-17/h3-9,30H,10-13H2,1-2H3. The molecule has 1 N–H and O–H groups in total. The molecule has 0 spiro atoms. The van der Waals surface area contributed by atoms with Crippen LogP contribution < -0.4 is 14.4 Å². The molecule has 6 nitrogen and oxygen atoms in total. The number of nitrogens with zero attached hydrogens (tertiary/aromatic N) is 2. The Kier molecular flexibility index (Phi) is 5.34. The second-order valence-corrected chi connectivity index (χ2v) is 10.3. The van der Waals surface area contributed by atoms with Gasteiger partial charge in [0.25, 0.3) is 5.91 Å². The van der Waals surface area contributed by atoms with Crippen LogP contribution in [0.4, 0.5) is 10.1 Å². The van der Waals surface area contributed by atoms with Crippen molar-refractivity contribution in [2.75, 3.05) is 18.6 Å². The van der Waals surface area contributed by atoms with Gasteiger partial charge >= 0.3 is 0 Å². The fraction of sp³-hybridized carbons (Fsp3) is 0.333. The number of hydrogen-bond acceptors (Lipinski definition) is 6. The maximum Gasteiger partial charge on any atom is 0.269 e. The average molecular weight is 489 g/mol. The van der Waals surface area contributed by atoms with E-state index in [9.17, 15) is 14.3 Å². The topological polar surface area (TPSA) is 71.9 Å². The Balaban J connectivity index is 1.31. The zero-order chi connectivity index (χ0) is 23.4. The summed E-state index contributed by atoms with van der Waals surface area (Å²) in [5, 5.41) is 10.9. The van der Waals surface area contributed by atoms with Gasteiger partial charge in [0, 0.05) is 30.8 Å². The molecule has 1 saturated carbocycles. The fourth-order valence-electron chi connectivity index (χ4n) is 4.53. The van der Waals surface area contributed by atoms with Crippen molar-refractivity contribution in [3.63, 3.8) is 0 Å². The Morgan fingerprint density at radius 2 is 2.03 bits per heavy atom. The molecule has 1 amide bonds. The van der Waals surface area contributed by atoms with Gasteiger partial charge in [-0.3, -0.25) is 9.78 Å². The molecule has 1 aliphatic heterocycles. The van der Waals surface area contributed by atoms with Crippen LogP contribution in [-0.2, 0) is 6.54 Å². The third-order valence-electron chi connectivity index (χ3n) is 5.91. The van der Waals surface area contributed by atoms with Crippen molar-refractivity contribution in [1.29, 1.82) is 0 Å². The van der Waals surface area contributed by atoms with Gasteiger partial charge in [0.05, 0.1) is 34.1 Å². The Morgan fingerprint density at radius 1 is 1.24 bits per heavy atom. The van der Waals surface area contributed by atoms with Gasteiger partial charge in [-0.2, -0.15) is 0 Å². The van der Waals surface area contributed by atoms with Crippen molar-refractivity contribution < 1.29 is 23.8 Å². The number of amides is 1. The molecule has 1 aromatic carbocycles. The number of carbonyl (C=O) groups excluding carboxylic acids is 1. The molecule has 0 radical (unpaired) electrons. The number of hydrogen-bond donors (Lipinski definition) is 1. The number of aromatic nitrogens is 1. The van der Waals surface area contributed by atoms with Gasteiger partial charge in [0.1, 0.15) is 17.9 Å². The monoisotopic (exact) mass is 488 g/mol. The number of pyridine rings is 1. The van der Waals surface area contributed by atoms with Crippen molar-refractivity contribution in [2.45, 2.75) is 37.6 Å². The van der Waals surface area contributed by atoms with E-state index in [-0.39, 0.29) is 25.4 Å². The highest BCUT2D eigenvalue weighted by Gasteiger charge is 2.52. The van der Waals surface area contributed by atoms with E-state index in [1.54, 1.807) is 35.4 Å². The number of thiophene rings is 1. The van der Waals surface area contributed by atoms with E-state index in [0.717, 1.165) is 16.1 Å². The van der Waals surface area contributed by atoms with Crippen molar-refractivity contribution in [3.05, 3.63) is 58.1 Å². The molecule has 0 unspecified atom stereocenters. The molecule has 2 aromatic heterocycles. The molecular formula is C24H22ClFN2O4S. The lowest BCUT2D eigenvalue weighted by Crippen LogP contribution is -2.55. The lowest BCUT2D eigenvalue weighted by atomic mass is 9.70. The first-order valence-corrected chi connectivity index (χ1v) is 11.6. The zero-order valence-corrected chi connectivity index (χ0v) is 19.7. The molecule has 3 heterocycles. The van der Waals surface area contributed by atoms with Crippen LogP contribution >= 0.6 is 22.9 Å². The molecule has 2 aliphatic rings. The second kappa shape index (κ2) is 7.97. The number of benzene rings is 1. The van der Waals surface area contributed by atoms with Crippen molar-refractivity contribution in [3.8, 4) is 22.1 Å². The molecule has 1 fully saturated rings. The molecule has 0 atom stereocenters. The van der Waals surface area contributed by atoms with Gasteiger partial charge in [-0.1, -0.05) is 11.6 Å². The minimum atomic E-state index is -1.36. The lowest BCUT2D eigenvalue weighted by Gasteiger charge is -2.45. The predicted octanol–water partition coefficient (Wildman–Crippen LogP) is 5.26. The molecule has 9 heteroatoms. The molecular weight excluding hydrogens is 467 g/mol. The van der Waals surface area contributed by atoms with Crippen LogP contribution in [0.1, 0.15) is 35.0 Å². The van der Waals surface area contributed by atoms with Crippen LogP contribution in [-0.4, -0.2) is 41.0 Å². The highest BCUT2D eigenvalue weighted by Crippen LogP contribution is 2.45. The van der Waals surface area contributed by atoms with Gasteiger partial charge in [0.15, 0.2) is 11.5 Å². The van der Waals surface area contributed by atoms with Crippen LogP contribution in [0.15, 0.2) is 42.6 Å². The van der Waals surface area contributed by atoms with Crippen LogP contribution in [0.25, 0.3) is 10.6 Å². The summed E-state index contributed by atoms with van der Waals surface area (Å²) in [6, 6.07) is 10.8. The van der Waals surface area contributed by atoms with E-state index in [2.05, 4.69) is 4.98 Å². The minimum absolute atomic E-state index is 0.0241. The van der Waals surface area contributed by atoms with Gasteiger partial charge in [-0.05, 0) is 42.8 Å². The molecule has 0 bridgehead atoms. The van der Waals surface area contributed by atoms with E-state index in [1.165, 1.54) is 25.4 Å². The maximum atomic E-state index is 13.8. The summed E-state index contributed by atoms with van der Waals surface area (Å²) in [5.74, 6) is 0.782. The molecule has 33 heavy (non-hydrogen) atoms. The molecule has 3 aromatic rings. The summed E-state index contributed by atoms with van der Waals surface area (Å²) in [7, 11) is 1.51. The SMILES string of the molecule is COc1cc(N2Cc3cc(-c4ccc(Cl)cn4)sc3C2=O)ccc1OCC1(O)CC(C)(F)C1. The van der Waals surface area contributed by atoms with Crippen LogP contribution in [0.5, 0.6) is 11.5 Å². The van der Waals surface area contributed by atoms with Crippen molar-refractivity contribution >= 4 is 34.5 Å². The summed E-state index contributed by atoms with van der Waals surface area (Å²) in [5.41, 5.74) is -0.133. The number of ether oxygens (including phenoxy) is 2. The Hall–Kier alpha value is -2.68. The highest BCUT2D eigenvalue weighted by molar-refractivity contribution is 7.17. The first-order chi connectivity index (χ1) is 15.7.